The number of aromatic nitrogens is 1. The van der Waals surface area contributed by atoms with Crippen LogP contribution in [0.4, 0.5) is 4.39 Å². The maximum absolute atomic E-state index is 13.2. The topological polar surface area (TPSA) is 48.5 Å². The fourth-order valence-electron chi connectivity index (χ4n) is 3.14. The van der Waals surface area contributed by atoms with Crippen molar-refractivity contribution in [1.29, 1.82) is 0 Å². The Kier molecular flexibility index (Phi) is 4.13. The van der Waals surface area contributed by atoms with Crippen molar-refractivity contribution in [3.05, 3.63) is 95.1 Å². The quantitative estimate of drug-likeness (QED) is 0.747. The van der Waals surface area contributed by atoms with Crippen LogP contribution in [0.15, 0.2) is 72.0 Å². The zero-order valence-electron chi connectivity index (χ0n) is 14.3. The summed E-state index contributed by atoms with van der Waals surface area (Å²) in [5.41, 5.74) is 4.20. The average Bonchev–Trinajstić information content (AvgIpc) is 3.32. The molecule has 2 aromatic carbocycles. The van der Waals surface area contributed by atoms with Gasteiger partial charge in [-0.25, -0.2) is 9.40 Å². The Bertz CT molecular complexity index is 944. The van der Waals surface area contributed by atoms with E-state index >= 15 is 0 Å². The number of aryl methyl sites for hydroxylation is 1. The molecule has 1 amide bonds. The van der Waals surface area contributed by atoms with Gasteiger partial charge in [0.1, 0.15) is 11.9 Å². The van der Waals surface area contributed by atoms with Crippen molar-refractivity contribution in [1.82, 2.24) is 9.99 Å². The molecule has 0 saturated carbocycles. The molecule has 0 bridgehead atoms. The maximum atomic E-state index is 13.2. The zero-order valence-corrected chi connectivity index (χ0v) is 14.3. The van der Waals surface area contributed by atoms with Gasteiger partial charge in [0, 0.05) is 23.9 Å². The van der Waals surface area contributed by atoms with Crippen LogP contribution in [0.25, 0.3) is 0 Å². The van der Waals surface area contributed by atoms with E-state index in [1.807, 2.05) is 49.5 Å². The van der Waals surface area contributed by atoms with E-state index < -0.39 is 0 Å². The molecular weight excluding hydrogens is 329 g/mol. The van der Waals surface area contributed by atoms with Crippen LogP contribution >= 0.6 is 0 Å². The first-order valence-corrected chi connectivity index (χ1v) is 8.49. The highest BCUT2D eigenvalue weighted by atomic mass is 19.1. The van der Waals surface area contributed by atoms with Crippen LogP contribution in [0, 0.1) is 12.7 Å². The van der Waals surface area contributed by atoms with E-state index in [0.717, 1.165) is 22.5 Å². The predicted octanol–water partition coefficient (Wildman–Crippen LogP) is 4.45. The van der Waals surface area contributed by atoms with Gasteiger partial charge in [0.05, 0.1) is 5.71 Å². The molecule has 2 heterocycles. The van der Waals surface area contributed by atoms with Gasteiger partial charge in [0.15, 0.2) is 0 Å². The number of aromatic amines is 1. The fraction of sp³-hybridized carbons (Fsp3) is 0.143. The molecule has 4 nitrogen and oxygen atoms in total. The molecule has 1 aromatic heterocycles. The fourth-order valence-corrected chi connectivity index (χ4v) is 3.14. The third kappa shape index (κ3) is 3.04. The lowest BCUT2D eigenvalue weighted by Crippen LogP contribution is -2.27. The Morgan fingerprint density at radius 3 is 2.50 bits per heavy atom. The molecule has 1 atom stereocenters. The monoisotopic (exact) mass is 347 g/mol. The second kappa shape index (κ2) is 6.59. The normalized spacial score (nSPS) is 16.6. The van der Waals surface area contributed by atoms with Crippen LogP contribution in [0.5, 0.6) is 0 Å². The molecule has 0 spiro atoms. The lowest BCUT2D eigenvalue weighted by molar-refractivity contribution is 0.0708. The summed E-state index contributed by atoms with van der Waals surface area (Å²) < 4.78 is 13.2. The predicted molar refractivity (Wildman–Crippen MR) is 98.4 cm³/mol. The second-order valence-corrected chi connectivity index (χ2v) is 6.41. The SMILES string of the molecule is Cc1ccc(C(=O)N2N=C(c3ccc(F)cc3)CC2c2ccc[nH]2)cc1. The summed E-state index contributed by atoms with van der Waals surface area (Å²) in [5, 5.41) is 6.11. The Hall–Kier alpha value is -3.21. The van der Waals surface area contributed by atoms with Gasteiger partial charge in [0.2, 0.25) is 0 Å². The Morgan fingerprint density at radius 1 is 1.12 bits per heavy atom. The number of rotatable bonds is 3. The lowest BCUT2D eigenvalue weighted by atomic mass is 10.0. The van der Waals surface area contributed by atoms with Crippen LogP contribution in [0.3, 0.4) is 0 Å². The van der Waals surface area contributed by atoms with E-state index in [4.69, 9.17) is 0 Å². The first-order chi connectivity index (χ1) is 12.6. The Morgan fingerprint density at radius 2 is 1.85 bits per heavy atom. The minimum atomic E-state index is -0.291. The van der Waals surface area contributed by atoms with E-state index in [1.54, 1.807) is 12.1 Å². The summed E-state index contributed by atoms with van der Waals surface area (Å²) in [6.45, 7) is 1.98. The number of hydrogen-bond donors (Lipinski definition) is 1. The molecule has 1 unspecified atom stereocenters. The van der Waals surface area contributed by atoms with Gasteiger partial charge in [-0.2, -0.15) is 5.10 Å². The van der Waals surface area contributed by atoms with Gasteiger partial charge in [-0.1, -0.05) is 29.8 Å². The molecule has 130 valence electrons. The smallest absolute Gasteiger partial charge is 0.274 e. The zero-order chi connectivity index (χ0) is 18.1. The summed E-state index contributed by atoms with van der Waals surface area (Å²) in [5.74, 6) is -0.442. The largest absolute Gasteiger partial charge is 0.363 e. The minimum absolute atomic E-state index is 0.151. The highest BCUT2D eigenvalue weighted by Gasteiger charge is 2.34. The summed E-state index contributed by atoms with van der Waals surface area (Å²) >= 11 is 0. The van der Waals surface area contributed by atoms with Crippen molar-refractivity contribution in [2.24, 2.45) is 5.10 Å². The second-order valence-electron chi connectivity index (χ2n) is 6.41. The van der Waals surface area contributed by atoms with Gasteiger partial charge in [-0.15, -0.1) is 0 Å². The number of H-pyrrole nitrogens is 1. The molecule has 1 aliphatic heterocycles. The number of benzene rings is 2. The minimum Gasteiger partial charge on any atom is -0.363 e. The maximum Gasteiger partial charge on any atom is 0.274 e. The molecule has 26 heavy (non-hydrogen) atoms. The lowest BCUT2D eigenvalue weighted by Gasteiger charge is -2.21. The number of hydrogen-bond acceptors (Lipinski definition) is 2. The van der Waals surface area contributed by atoms with Crippen LogP contribution in [0.1, 0.15) is 39.6 Å². The number of nitrogens with zero attached hydrogens (tertiary/aromatic N) is 2. The van der Waals surface area contributed by atoms with Crippen LogP contribution in [0.2, 0.25) is 0 Å². The van der Waals surface area contributed by atoms with Crippen molar-refractivity contribution in [2.45, 2.75) is 19.4 Å². The molecule has 4 rings (SSSR count). The third-order valence-corrected chi connectivity index (χ3v) is 4.58. The number of hydrazone groups is 1. The van der Waals surface area contributed by atoms with E-state index in [9.17, 15) is 9.18 Å². The third-order valence-electron chi connectivity index (χ3n) is 4.58. The van der Waals surface area contributed by atoms with Gasteiger partial charge in [-0.3, -0.25) is 4.79 Å². The summed E-state index contributed by atoms with van der Waals surface area (Å²) in [6.07, 6.45) is 2.41. The first kappa shape index (κ1) is 16.3. The standard InChI is InChI=1S/C21H18FN3O/c1-14-4-6-16(7-5-14)21(26)25-20(18-3-2-12-23-18)13-19(24-25)15-8-10-17(22)11-9-15/h2-12,20,23H,13H2,1H3. The summed E-state index contributed by atoms with van der Waals surface area (Å²) in [7, 11) is 0. The van der Waals surface area contributed by atoms with E-state index in [-0.39, 0.29) is 17.8 Å². The highest BCUT2D eigenvalue weighted by molar-refractivity contribution is 6.05. The molecule has 3 aromatic rings. The summed E-state index contributed by atoms with van der Waals surface area (Å²) in [6, 6.07) is 17.3. The van der Waals surface area contributed by atoms with Crippen LogP contribution < -0.4 is 0 Å². The first-order valence-electron chi connectivity index (χ1n) is 8.49. The number of carbonyl (C=O) groups is 1. The van der Waals surface area contributed by atoms with E-state index in [1.165, 1.54) is 17.1 Å². The van der Waals surface area contributed by atoms with Crippen LogP contribution in [-0.2, 0) is 0 Å². The molecule has 0 aliphatic carbocycles. The molecule has 0 saturated heterocycles. The highest BCUT2D eigenvalue weighted by Crippen LogP contribution is 2.33. The van der Waals surface area contributed by atoms with Crippen molar-refractivity contribution < 1.29 is 9.18 Å². The van der Waals surface area contributed by atoms with Gasteiger partial charge in [-0.05, 0) is 48.9 Å². The number of halogens is 1. The van der Waals surface area contributed by atoms with Crippen molar-refractivity contribution in [2.75, 3.05) is 0 Å². The number of amides is 1. The number of nitrogens with one attached hydrogen (secondary N) is 1. The van der Waals surface area contributed by atoms with E-state index in [0.29, 0.717) is 12.0 Å². The Balaban J connectivity index is 1.70. The molecule has 5 heteroatoms. The molecular formula is C21H18FN3O. The van der Waals surface area contributed by atoms with Crippen molar-refractivity contribution >= 4 is 11.6 Å². The number of carbonyl (C=O) groups excluding carboxylic acids is 1. The van der Waals surface area contributed by atoms with Gasteiger partial charge in [0.25, 0.3) is 5.91 Å². The molecule has 1 aliphatic rings. The van der Waals surface area contributed by atoms with Crippen molar-refractivity contribution in [3.8, 4) is 0 Å². The average molecular weight is 347 g/mol. The van der Waals surface area contributed by atoms with Crippen molar-refractivity contribution in [3.63, 3.8) is 0 Å². The van der Waals surface area contributed by atoms with Crippen LogP contribution in [-0.4, -0.2) is 21.6 Å². The molecule has 1 N–H and O–H groups in total. The van der Waals surface area contributed by atoms with E-state index in [2.05, 4.69) is 10.1 Å². The Labute approximate surface area is 151 Å². The molecule has 0 radical (unpaired) electrons. The van der Waals surface area contributed by atoms with Gasteiger partial charge < -0.3 is 4.98 Å². The summed E-state index contributed by atoms with van der Waals surface area (Å²) in [4.78, 5) is 16.2. The van der Waals surface area contributed by atoms with Gasteiger partial charge >= 0.3 is 0 Å². The molecule has 0 fully saturated rings.